The van der Waals surface area contributed by atoms with Gasteiger partial charge in [0.25, 0.3) is 0 Å². The van der Waals surface area contributed by atoms with E-state index in [1.165, 1.54) is 5.56 Å². The number of anilines is 1. The molecule has 146 valence electrons. The number of ether oxygens (including phenoxy) is 1. The molecule has 6 nitrogen and oxygen atoms in total. The molecule has 0 aliphatic rings. The number of amides is 1. The van der Waals surface area contributed by atoms with Crippen LogP contribution in [0.3, 0.4) is 0 Å². The first-order valence-corrected chi connectivity index (χ1v) is 9.48. The highest BCUT2D eigenvalue weighted by Gasteiger charge is 2.16. The topological polar surface area (TPSA) is 82.2 Å². The van der Waals surface area contributed by atoms with Crippen LogP contribution in [0.25, 0.3) is 0 Å². The summed E-state index contributed by atoms with van der Waals surface area (Å²) in [5.41, 5.74) is 8.74. The first-order valence-electron chi connectivity index (χ1n) is 9.48. The zero-order chi connectivity index (χ0) is 19.8. The molecule has 28 heavy (non-hydrogen) atoms. The van der Waals surface area contributed by atoms with E-state index in [0.29, 0.717) is 18.7 Å². The van der Waals surface area contributed by atoms with Crippen LogP contribution in [0.2, 0.25) is 0 Å². The van der Waals surface area contributed by atoms with Gasteiger partial charge in [0.05, 0.1) is 24.7 Å². The molecule has 0 aliphatic heterocycles. The molecule has 2 aromatic carbocycles. The fraction of sp³-hybridized carbons (Fsp3) is 0.273. The molecule has 1 atom stereocenters. The zero-order valence-corrected chi connectivity index (χ0v) is 16.0. The molecule has 0 aliphatic carbocycles. The predicted octanol–water partition coefficient (Wildman–Crippen LogP) is 3.23. The fourth-order valence-electron chi connectivity index (χ4n) is 2.83. The molecule has 1 amide bonds. The Kier molecular flexibility index (Phi) is 6.81. The Morgan fingerprint density at radius 3 is 2.82 bits per heavy atom. The van der Waals surface area contributed by atoms with Crippen molar-refractivity contribution in [3.05, 3.63) is 78.4 Å². The number of carbonyl (C=O) groups is 1. The van der Waals surface area contributed by atoms with E-state index in [9.17, 15) is 4.79 Å². The number of aromatic nitrogens is 2. The Hall–Kier alpha value is -3.12. The molecule has 0 bridgehead atoms. The quantitative estimate of drug-likeness (QED) is 0.599. The average molecular weight is 378 g/mol. The summed E-state index contributed by atoms with van der Waals surface area (Å²) in [5.74, 6) is 0.484. The van der Waals surface area contributed by atoms with E-state index < -0.39 is 6.04 Å². The Morgan fingerprint density at radius 2 is 2.04 bits per heavy atom. The van der Waals surface area contributed by atoms with Crippen molar-refractivity contribution in [2.75, 3.05) is 11.9 Å². The van der Waals surface area contributed by atoms with Gasteiger partial charge >= 0.3 is 0 Å². The highest BCUT2D eigenvalue weighted by Crippen LogP contribution is 2.18. The van der Waals surface area contributed by atoms with Crippen molar-refractivity contribution in [2.24, 2.45) is 5.73 Å². The van der Waals surface area contributed by atoms with E-state index in [0.717, 1.165) is 24.4 Å². The van der Waals surface area contributed by atoms with Gasteiger partial charge in [-0.15, -0.1) is 0 Å². The lowest BCUT2D eigenvalue weighted by molar-refractivity contribution is -0.117. The zero-order valence-electron chi connectivity index (χ0n) is 16.0. The number of hydrogen-bond acceptors (Lipinski definition) is 4. The van der Waals surface area contributed by atoms with Crippen LogP contribution in [0.4, 0.5) is 5.69 Å². The van der Waals surface area contributed by atoms with Crippen molar-refractivity contribution in [3.8, 4) is 5.75 Å². The molecule has 0 fully saturated rings. The van der Waals surface area contributed by atoms with E-state index in [-0.39, 0.29) is 5.91 Å². The molecule has 0 unspecified atom stereocenters. The lowest BCUT2D eigenvalue weighted by Gasteiger charge is -2.12. The first kappa shape index (κ1) is 19.6. The van der Waals surface area contributed by atoms with Crippen LogP contribution in [0.1, 0.15) is 24.6 Å². The molecule has 0 saturated carbocycles. The van der Waals surface area contributed by atoms with E-state index >= 15 is 0 Å². The Balaban J connectivity index is 1.54. The minimum absolute atomic E-state index is 0.245. The van der Waals surface area contributed by atoms with Crippen LogP contribution < -0.4 is 15.8 Å². The second-order valence-electron chi connectivity index (χ2n) is 6.70. The van der Waals surface area contributed by atoms with Crippen LogP contribution in [-0.2, 0) is 17.8 Å². The number of rotatable bonds is 9. The Labute approximate surface area is 165 Å². The molecule has 0 radical (unpaired) electrons. The van der Waals surface area contributed by atoms with Crippen molar-refractivity contribution >= 4 is 11.6 Å². The maximum atomic E-state index is 12.4. The fourth-order valence-corrected chi connectivity index (χ4v) is 2.83. The highest BCUT2D eigenvalue weighted by atomic mass is 16.5. The Bertz CT molecular complexity index is 892. The maximum Gasteiger partial charge on any atom is 0.241 e. The SMILES string of the molecule is CCCOc1cccc(NC(=O)[C@@H](N)Cc2cn(Cc3ccccc3)cn2)c1. The van der Waals surface area contributed by atoms with Gasteiger partial charge < -0.3 is 20.4 Å². The third kappa shape index (κ3) is 5.69. The minimum atomic E-state index is -0.680. The van der Waals surface area contributed by atoms with Crippen molar-refractivity contribution in [1.29, 1.82) is 0 Å². The molecular formula is C22H26N4O2. The van der Waals surface area contributed by atoms with Crippen LogP contribution >= 0.6 is 0 Å². The van der Waals surface area contributed by atoms with Crippen molar-refractivity contribution in [2.45, 2.75) is 32.4 Å². The van der Waals surface area contributed by atoms with E-state index in [2.05, 4.69) is 22.4 Å². The van der Waals surface area contributed by atoms with Crippen molar-refractivity contribution in [3.63, 3.8) is 0 Å². The molecule has 1 aromatic heterocycles. The van der Waals surface area contributed by atoms with Crippen LogP contribution in [-0.4, -0.2) is 28.1 Å². The molecule has 1 heterocycles. The minimum Gasteiger partial charge on any atom is -0.494 e. The summed E-state index contributed by atoms with van der Waals surface area (Å²) < 4.78 is 7.58. The molecule has 0 spiro atoms. The van der Waals surface area contributed by atoms with Gasteiger partial charge in [0.1, 0.15) is 5.75 Å². The number of hydrogen-bond donors (Lipinski definition) is 2. The number of benzene rings is 2. The predicted molar refractivity (Wildman–Crippen MR) is 110 cm³/mol. The van der Waals surface area contributed by atoms with Crippen molar-refractivity contribution in [1.82, 2.24) is 9.55 Å². The number of nitrogens with two attached hydrogens (primary N) is 1. The summed E-state index contributed by atoms with van der Waals surface area (Å²) in [6.07, 6.45) is 5.00. The van der Waals surface area contributed by atoms with Crippen molar-refractivity contribution < 1.29 is 9.53 Å². The maximum absolute atomic E-state index is 12.4. The first-order chi connectivity index (χ1) is 13.6. The summed E-state index contributed by atoms with van der Waals surface area (Å²) >= 11 is 0. The smallest absolute Gasteiger partial charge is 0.241 e. The van der Waals surface area contributed by atoms with Gasteiger partial charge in [-0.2, -0.15) is 0 Å². The second-order valence-corrected chi connectivity index (χ2v) is 6.70. The van der Waals surface area contributed by atoms with Crippen LogP contribution in [0.15, 0.2) is 67.1 Å². The summed E-state index contributed by atoms with van der Waals surface area (Å²) in [7, 11) is 0. The molecule has 0 saturated heterocycles. The lowest BCUT2D eigenvalue weighted by atomic mass is 10.1. The summed E-state index contributed by atoms with van der Waals surface area (Å²) in [6, 6.07) is 16.8. The van der Waals surface area contributed by atoms with Gasteiger partial charge in [-0.05, 0) is 24.1 Å². The Morgan fingerprint density at radius 1 is 1.21 bits per heavy atom. The summed E-state index contributed by atoms with van der Waals surface area (Å²) in [5, 5.41) is 2.85. The van der Waals surface area contributed by atoms with Gasteiger partial charge in [0.15, 0.2) is 0 Å². The van der Waals surface area contributed by atoms with Gasteiger partial charge in [-0.3, -0.25) is 4.79 Å². The average Bonchev–Trinajstić information content (AvgIpc) is 3.14. The monoisotopic (exact) mass is 378 g/mol. The molecule has 3 aromatic rings. The highest BCUT2D eigenvalue weighted by molar-refractivity contribution is 5.94. The molecule has 6 heteroatoms. The normalized spacial score (nSPS) is 11.8. The van der Waals surface area contributed by atoms with Gasteiger partial charge in [0.2, 0.25) is 5.91 Å². The third-order valence-electron chi connectivity index (χ3n) is 4.23. The number of nitrogens with one attached hydrogen (secondary N) is 1. The van der Waals surface area contributed by atoms with Gasteiger partial charge in [-0.25, -0.2) is 4.98 Å². The van der Waals surface area contributed by atoms with Crippen LogP contribution in [0.5, 0.6) is 5.75 Å². The van der Waals surface area contributed by atoms with E-state index in [1.807, 2.05) is 54.1 Å². The summed E-state index contributed by atoms with van der Waals surface area (Å²) in [4.78, 5) is 16.8. The largest absolute Gasteiger partial charge is 0.494 e. The van der Waals surface area contributed by atoms with E-state index in [1.54, 1.807) is 12.4 Å². The van der Waals surface area contributed by atoms with Crippen LogP contribution in [0, 0.1) is 0 Å². The number of carbonyl (C=O) groups excluding carboxylic acids is 1. The van der Waals surface area contributed by atoms with E-state index in [4.69, 9.17) is 10.5 Å². The number of imidazole rings is 1. The molecule has 3 rings (SSSR count). The summed E-state index contributed by atoms with van der Waals surface area (Å²) in [6.45, 7) is 3.42. The molecule has 3 N–H and O–H groups in total. The lowest BCUT2D eigenvalue weighted by Crippen LogP contribution is -2.37. The standard InChI is InChI=1S/C22H26N4O2/c1-2-11-28-20-10-6-9-18(12-20)25-22(27)21(23)13-19-15-26(16-24-19)14-17-7-4-3-5-8-17/h3-10,12,15-16,21H,2,11,13-14,23H2,1H3,(H,25,27)/t21-/m0/s1. The second kappa shape index (κ2) is 9.71. The van der Waals surface area contributed by atoms with Gasteiger partial charge in [-0.1, -0.05) is 43.3 Å². The number of nitrogens with zero attached hydrogens (tertiary/aromatic N) is 2. The molecular weight excluding hydrogens is 352 g/mol. The van der Waals surface area contributed by atoms with Gasteiger partial charge in [0, 0.05) is 30.9 Å². The third-order valence-corrected chi connectivity index (χ3v) is 4.23.